The Bertz CT molecular complexity index is 765. The molecule has 2 aromatic rings. The summed E-state index contributed by atoms with van der Waals surface area (Å²) in [6.07, 6.45) is 3.29. The molecular formula is C19H25ClN4O2S. The lowest BCUT2D eigenvalue weighted by molar-refractivity contribution is -0.152. The molecule has 3 atom stereocenters. The molecule has 0 N–H and O–H groups in total. The fourth-order valence-corrected chi connectivity index (χ4v) is 4.39. The van der Waals surface area contributed by atoms with Gasteiger partial charge in [0.05, 0.1) is 11.4 Å². The quantitative estimate of drug-likeness (QED) is 0.520. The molecule has 0 saturated heterocycles. The smallest absolute Gasteiger partial charge is 0.316 e. The van der Waals surface area contributed by atoms with E-state index in [1.54, 1.807) is 16.8 Å². The second-order valence-electron chi connectivity index (χ2n) is 7.49. The Balaban J connectivity index is 1.59. The fourth-order valence-electron chi connectivity index (χ4n) is 3.59. The Morgan fingerprint density at radius 1 is 1.33 bits per heavy atom. The number of nitrogens with zero attached hydrogens (tertiary/aromatic N) is 4. The molecule has 1 aliphatic carbocycles. The molecule has 6 nitrogen and oxygen atoms in total. The lowest BCUT2D eigenvalue weighted by atomic mass is 9.75. The predicted molar refractivity (Wildman–Crippen MR) is 106 cm³/mol. The second-order valence-corrected chi connectivity index (χ2v) is 8.87. The van der Waals surface area contributed by atoms with E-state index in [4.69, 9.17) is 16.3 Å². The number of tetrazole rings is 1. The maximum Gasteiger partial charge on any atom is 0.316 e. The third-order valence-corrected chi connectivity index (χ3v) is 6.22. The number of hydrogen-bond acceptors (Lipinski definition) is 6. The third kappa shape index (κ3) is 5.23. The average molecular weight is 409 g/mol. The van der Waals surface area contributed by atoms with Gasteiger partial charge in [0, 0.05) is 5.02 Å². The topological polar surface area (TPSA) is 69.9 Å². The number of thioether (sulfide) groups is 1. The molecular weight excluding hydrogens is 384 g/mol. The fraction of sp³-hybridized carbons (Fsp3) is 0.579. The van der Waals surface area contributed by atoms with Gasteiger partial charge in [0.2, 0.25) is 5.16 Å². The first-order valence-electron chi connectivity index (χ1n) is 9.30. The molecule has 0 amide bonds. The minimum absolute atomic E-state index is 0.00844. The number of hydrogen-bond donors (Lipinski definition) is 0. The van der Waals surface area contributed by atoms with Crippen LogP contribution in [0.1, 0.15) is 40.0 Å². The van der Waals surface area contributed by atoms with Gasteiger partial charge in [0.1, 0.15) is 6.10 Å². The molecule has 8 heteroatoms. The number of benzene rings is 1. The number of halogens is 1. The highest BCUT2D eigenvalue weighted by Crippen LogP contribution is 2.35. The maximum atomic E-state index is 12.4. The predicted octanol–water partition coefficient (Wildman–Crippen LogP) is 4.41. The number of ether oxygens (including phenoxy) is 1. The van der Waals surface area contributed by atoms with E-state index < -0.39 is 0 Å². The van der Waals surface area contributed by atoms with Crippen molar-refractivity contribution in [1.82, 2.24) is 20.2 Å². The van der Waals surface area contributed by atoms with Crippen LogP contribution in [0.2, 0.25) is 5.02 Å². The molecule has 0 radical (unpaired) electrons. The van der Waals surface area contributed by atoms with Gasteiger partial charge in [-0.1, -0.05) is 50.6 Å². The summed E-state index contributed by atoms with van der Waals surface area (Å²) in [6.45, 7) is 6.64. The molecule has 1 heterocycles. The van der Waals surface area contributed by atoms with Gasteiger partial charge in [0.25, 0.3) is 0 Å². The normalized spacial score (nSPS) is 22.8. The molecule has 0 unspecified atom stereocenters. The molecule has 1 aliphatic rings. The Morgan fingerprint density at radius 3 is 2.78 bits per heavy atom. The van der Waals surface area contributed by atoms with Gasteiger partial charge in [-0.05, 0) is 65.3 Å². The zero-order valence-electron chi connectivity index (χ0n) is 15.8. The molecule has 1 fully saturated rings. The van der Waals surface area contributed by atoms with Crippen molar-refractivity contribution >= 4 is 29.3 Å². The molecule has 1 aromatic heterocycles. The van der Waals surface area contributed by atoms with Crippen LogP contribution >= 0.6 is 23.4 Å². The zero-order chi connectivity index (χ0) is 19.4. The van der Waals surface area contributed by atoms with E-state index in [-0.39, 0.29) is 17.8 Å². The first kappa shape index (κ1) is 20.1. The molecule has 0 aliphatic heterocycles. The van der Waals surface area contributed by atoms with Crippen LogP contribution in [0.25, 0.3) is 5.69 Å². The van der Waals surface area contributed by atoms with Gasteiger partial charge in [-0.15, -0.1) is 5.10 Å². The largest absolute Gasteiger partial charge is 0.461 e. The SMILES string of the molecule is CC(C)[C@@H]1CC[C@H](C)C[C@H]1OC(=O)CSc1nnnn1-c1ccc(Cl)cc1. The van der Waals surface area contributed by atoms with Crippen LogP contribution in [0, 0.1) is 17.8 Å². The van der Waals surface area contributed by atoms with Gasteiger partial charge in [-0.25, -0.2) is 0 Å². The van der Waals surface area contributed by atoms with Crippen molar-refractivity contribution in [2.45, 2.75) is 51.3 Å². The summed E-state index contributed by atoms with van der Waals surface area (Å²) in [6, 6.07) is 7.21. The van der Waals surface area contributed by atoms with Crippen molar-refractivity contribution in [3.8, 4) is 5.69 Å². The number of rotatable bonds is 6. The Kier molecular flexibility index (Phi) is 6.76. The van der Waals surface area contributed by atoms with Crippen molar-refractivity contribution in [1.29, 1.82) is 0 Å². The highest BCUT2D eigenvalue weighted by atomic mass is 35.5. The summed E-state index contributed by atoms with van der Waals surface area (Å²) in [7, 11) is 0. The van der Waals surface area contributed by atoms with Crippen molar-refractivity contribution in [2.24, 2.45) is 17.8 Å². The van der Waals surface area contributed by atoms with Gasteiger partial charge >= 0.3 is 5.97 Å². The van der Waals surface area contributed by atoms with E-state index in [0.717, 1.165) is 18.5 Å². The maximum absolute atomic E-state index is 12.4. The number of carbonyl (C=O) groups excluding carboxylic acids is 1. The summed E-state index contributed by atoms with van der Waals surface area (Å²) in [5, 5.41) is 12.9. The van der Waals surface area contributed by atoms with Gasteiger partial charge in [-0.3, -0.25) is 4.79 Å². The van der Waals surface area contributed by atoms with E-state index in [1.807, 2.05) is 12.1 Å². The van der Waals surface area contributed by atoms with Crippen molar-refractivity contribution in [3.05, 3.63) is 29.3 Å². The molecule has 0 spiro atoms. The summed E-state index contributed by atoms with van der Waals surface area (Å²) in [4.78, 5) is 12.4. The van der Waals surface area contributed by atoms with E-state index in [9.17, 15) is 4.79 Å². The minimum atomic E-state index is -0.213. The number of esters is 1. The zero-order valence-corrected chi connectivity index (χ0v) is 17.4. The van der Waals surface area contributed by atoms with Crippen LogP contribution in [0.15, 0.2) is 29.4 Å². The lowest BCUT2D eigenvalue weighted by Gasteiger charge is -2.36. The van der Waals surface area contributed by atoms with Gasteiger partial charge < -0.3 is 4.74 Å². The Hall–Kier alpha value is -1.60. The average Bonchev–Trinajstić information content (AvgIpc) is 3.09. The highest BCUT2D eigenvalue weighted by Gasteiger charge is 2.33. The summed E-state index contributed by atoms with van der Waals surface area (Å²) in [5.41, 5.74) is 0.793. The van der Waals surface area contributed by atoms with E-state index in [1.165, 1.54) is 18.2 Å². The third-order valence-electron chi connectivity index (χ3n) is 5.08. The molecule has 27 heavy (non-hydrogen) atoms. The van der Waals surface area contributed by atoms with Gasteiger partial charge in [0.15, 0.2) is 0 Å². The van der Waals surface area contributed by atoms with E-state index >= 15 is 0 Å². The number of carbonyl (C=O) groups is 1. The van der Waals surface area contributed by atoms with Crippen LogP contribution in [0.3, 0.4) is 0 Å². The second kappa shape index (κ2) is 9.06. The molecule has 0 bridgehead atoms. The van der Waals surface area contributed by atoms with Crippen LogP contribution < -0.4 is 0 Å². The van der Waals surface area contributed by atoms with Crippen LogP contribution in [0.4, 0.5) is 0 Å². The number of aromatic nitrogens is 4. The summed E-state index contributed by atoms with van der Waals surface area (Å²) < 4.78 is 7.43. The first-order valence-corrected chi connectivity index (χ1v) is 10.7. The first-order chi connectivity index (χ1) is 12.9. The standard InChI is InChI=1S/C19H25ClN4O2S/c1-12(2)16-9-4-13(3)10-17(16)26-18(25)11-27-19-21-22-23-24(19)15-7-5-14(20)6-8-15/h5-8,12-13,16-17H,4,9-11H2,1-3H3/t13-,16-,17+/m0/s1. The molecule has 3 rings (SSSR count). The summed E-state index contributed by atoms with van der Waals surface area (Å²) in [5.74, 6) is 1.52. The highest BCUT2D eigenvalue weighted by molar-refractivity contribution is 7.99. The monoisotopic (exact) mass is 408 g/mol. The van der Waals surface area contributed by atoms with Crippen molar-refractivity contribution < 1.29 is 9.53 Å². The lowest BCUT2D eigenvalue weighted by Crippen LogP contribution is -2.36. The van der Waals surface area contributed by atoms with E-state index in [2.05, 4.69) is 36.3 Å². The van der Waals surface area contributed by atoms with Crippen LogP contribution in [0.5, 0.6) is 0 Å². The van der Waals surface area contributed by atoms with Crippen LogP contribution in [-0.4, -0.2) is 38.0 Å². The Labute approximate surface area is 169 Å². The summed E-state index contributed by atoms with van der Waals surface area (Å²) >= 11 is 7.20. The van der Waals surface area contributed by atoms with Crippen LogP contribution in [-0.2, 0) is 9.53 Å². The Morgan fingerprint density at radius 2 is 2.07 bits per heavy atom. The van der Waals surface area contributed by atoms with Gasteiger partial charge in [-0.2, -0.15) is 4.68 Å². The van der Waals surface area contributed by atoms with E-state index in [0.29, 0.717) is 27.9 Å². The minimum Gasteiger partial charge on any atom is -0.461 e. The van der Waals surface area contributed by atoms with Crippen molar-refractivity contribution in [2.75, 3.05) is 5.75 Å². The molecule has 146 valence electrons. The molecule has 1 aromatic carbocycles. The molecule has 1 saturated carbocycles. The van der Waals surface area contributed by atoms with Crippen molar-refractivity contribution in [3.63, 3.8) is 0 Å².